The molecule has 128 valence electrons. The molecule has 2 amide bonds. The van der Waals surface area contributed by atoms with E-state index in [9.17, 15) is 9.59 Å². The number of carbonyl (C=O) groups is 2. The van der Waals surface area contributed by atoms with Crippen LogP contribution in [-0.4, -0.2) is 30.4 Å². The van der Waals surface area contributed by atoms with Crippen molar-refractivity contribution in [2.75, 3.05) is 12.8 Å². The summed E-state index contributed by atoms with van der Waals surface area (Å²) < 4.78 is 5.11. The average molecular weight is 338 g/mol. The molecule has 0 saturated carbocycles. The van der Waals surface area contributed by atoms with Crippen LogP contribution >= 0.6 is 11.8 Å². The number of thioether (sulfide) groups is 1. The third kappa shape index (κ3) is 7.93. The standard InChI is InChI=1S/C17H26N2O3S/c1-12(13-6-8-14(23-5)9-7-13)19-15(20)10-11-18-16(21)22-17(2,3)4/h6-9,12H,10-11H2,1-5H3,(H,18,21)(H,19,20). The summed E-state index contributed by atoms with van der Waals surface area (Å²) >= 11 is 1.68. The molecule has 5 nitrogen and oxygen atoms in total. The summed E-state index contributed by atoms with van der Waals surface area (Å²) in [6, 6.07) is 8.02. The van der Waals surface area contributed by atoms with E-state index in [0.717, 1.165) is 5.56 Å². The normalized spacial score (nSPS) is 12.4. The number of benzene rings is 1. The lowest BCUT2D eigenvalue weighted by Gasteiger charge is -2.19. The number of alkyl carbamates (subject to hydrolysis) is 1. The minimum atomic E-state index is -0.538. The molecule has 0 aliphatic rings. The van der Waals surface area contributed by atoms with Crippen molar-refractivity contribution in [2.24, 2.45) is 0 Å². The first-order valence-corrected chi connectivity index (χ1v) is 8.84. The van der Waals surface area contributed by atoms with Crippen molar-refractivity contribution in [3.05, 3.63) is 29.8 Å². The molecule has 0 heterocycles. The van der Waals surface area contributed by atoms with Crippen LogP contribution < -0.4 is 10.6 Å². The topological polar surface area (TPSA) is 67.4 Å². The molecule has 0 aromatic heterocycles. The molecule has 0 aliphatic carbocycles. The summed E-state index contributed by atoms with van der Waals surface area (Å²) in [5.41, 5.74) is 0.514. The highest BCUT2D eigenvalue weighted by Crippen LogP contribution is 2.18. The number of ether oxygens (including phenoxy) is 1. The van der Waals surface area contributed by atoms with Gasteiger partial charge in [-0.1, -0.05) is 12.1 Å². The highest BCUT2D eigenvalue weighted by molar-refractivity contribution is 7.98. The Bertz CT molecular complexity index is 524. The van der Waals surface area contributed by atoms with E-state index in [4.69, 9.17) is 4.74 Å². The van der Waals surface area contributed by atoms with Crippen LogP contribution in [0.15, 0.2) is 29.2 Å². The maximum atomic E-state index is 11.9. The zero-order valence-corrected chi connectivity index (χ0v) is 15.3. The van der Waals surface area contributed by atoms with Gasteiger partial charge in [-0.2, -0.15) is 0 Å². The summed E-state index contributed by atoms with van der Waals surface area (Å²) in [4.78, 5) is 24.6. The lowest BCUT2D eigenvalue weighted by Crippen LogP contribution is -2.35. The monoisotopic (exact) mass is 338 g/mol. The molecule has 1 aromatic rings. The number of rotatable bonds is 6. The number of nitrogens with one attached hydrogen (secondary N) is 2. The molecule has 1 unspecified atom stereocenters. The van der Waals surface area contributed by atoms with E-state index < -0.39 is 11.7 Å². The molecule has 2 N–H and O–H groups in total. The molecule has 0 spiro atoms. The van der Waals surface area contributed by atoms with Gasteiger partial charge in [-0.15, -0.1) is 11.8 Å². The van der Waals surface area contributed by atoms with Gasteiger partial charge in [0.25, 0.3) is 0 Å². The van der Waals surface area contributed by atoms with Crippen LogP contribution in [0.3, 0.4) is 0 Å². The van der Waals surface area contributed by atoms with Gasteiger partial charge in [0.2, 0.25) is 5.91 Å². The second-order valence-electron chi connectivity index (χ2n) is 6.24. The maximum Gasteiger partial charge on any atom is 0.407 e. The second kappa shape index (κ2) is 8.82. The lowest BCUT2D eigenvalue weighted by molar-refractivity contribution is -0.121. The van der Waals surface area contributed by atoms with Crippen LogP contribution in [0.1, 0.15) is 45.7 Å². The number of hydrogen-bond donors (Lipinski definition) is 2. The van der Waals surface area contributed by atoms with Crippen molar-refractivity contribution in [1.29, 1.82) is 0 Å². The Kier molecular flexibility index (Phi) is 7.42. The fourth-order valence-electron chi connectivity index (χ4n) is 1.88. The highest BCUT2D eigenvalue weighted by atomic mass is 32.2. The summed E-state index contributed by atoms with van der Waals surface area (Å²) in [6.07, 6.45) is 1.73. The van der Waals surface area contributed by atoms with Gasteiger partial charge in [0.1, 0.15) is 5.60 Å². The summed E-state index contributed by atoms with van der Waals surface area (Å²) in [5.74, 6) is -0.109. The molecule has 23 heavy (non-hydrogen) atoms. The van der Waals surface area contributed by atoms with E-state index >= 15 is 0 Å². The first-order chi connectivity index (χ1) is 10.7. The van der Waals surface area contributed by atoms with Crippen molar-refractivity contribution in [1.82, 2.24) is 10.6 Å². The minimum absolute atomic E-state index is 0.0695. The largest absolute Gasteiger partial charge is 0.444 e. The first kappa shape index (κ1) is 19.4. The van der Waals surface area contributed by atoms with Gasteiger partial charge >= 0.3 is 6.09 Å². The molecular formula is C17H26N2O3S. The summed E-state index contributed by atoms with van der Waals surface area (Å²) in [5, 5.41) is 5.49. The summed E-state index contributed by atoms with van der Waals surface area (Å²) in [7, 11) is 0. The van der Waals surface area contributed by atoms with E-state index in [2.05, 4.69) is 10.6 Å². The smallest absolute Gasteiger partial charge is 0.407 e. The average Bonchev–Trinajstić information content (AvgIpc) is 2.45. The van der Waals surface area contributed by atoms with Crippen LogP contribution in [0.2, 0.25) is 0 Å². The minimum Gasteiger partial charge on any atom is -0.444 e. The van der Waals surface area contributed by atoms with E-state index in [0.29, 0.717) is 0 Å². The lowest BCUT2D eigenvalue weighted by atomic mass is 10.1. The van der Waals surface area contributed by atoms with E-state index in [1.165, 1.54) is 4.90 Å². The number of hydrogen-bond acceptors (Lipinski definition) is 4. The highest BCUT2D eigenvalue weighted by Gasteiger charge is 2.16. The maximum absolute atomic E-state index is 11.9. The van der Waals surface area contributed by atoms with Crippen LogP contribution in [0.5, 0.6) is 0 Å². The van der Waals surface area contributed by atoms with Crippen LogP contribution in [0, 0.1) is 0 Å². The first-order valence-electron chi connectivity index (χ1n) is 7.61. The molecule has 0 radical (unpaired) electrons. The van der Waals surface area contributed by atoms with Crippen LogP contribution in [-0.2, 0) is 9.53 Å². The van der Waals surface area contributed by atoms with Gasteiger partial charge in [-0.3, -0.25) is 4.79 Å². The Morgan fingerprint density at radius 3 is 2.35 bits per heavy atom. The third-order valence-electron chi connectivity index (χ3n) is 3.01. The second-order valence-corrected chi connectivity index (χ2v) is 7.12. The molecule has 6 heteroatoms. The molecule has 1 atom stereocenters. The van der Waals surface area contributed by atoms with Gasteiger partial charge in [0.15, 0.2) is 0 Å². The van der Waals surface area contributed by atoms with E-state index in [1.807, 2.05) is 37.4 Å². The van der Waals surface area contributed by atoms with Crippen LogP contribution in [0.25, 0.3) is 0 Å². The summed E-state index contributed by atoms with van der Waals surface area (Å²) in [6.45, 7) is 7.57. The Balaban J connectivity index is 2.34. The fourth-order valence-corrected chi connectivity index (χ4v) is 2.29. The van der Waals surface area contributed by atoms with Gasteiger partial charge in [-0.25, -0.2) is 4.79 Å². The van der Waals surface area contributed by atoms with Gasteiger partial charge in [0.05, 0.1) is 6.04 Å². The fraction of sp³-hybridized carbons (Fsp3) is 0.529. The molecular weight excluding hydrogens is 312 g/mol. The molecule has 1 rings (SSSR count). The van der Waals surface area contributed by atoms with Crippen molar-refractivity contribution in [3.8, 4) is 0 Å². The SMILES string of the molecule is CSc1ccc(C(C)NC(=O)CCNC(=O)OC(C)(C)C)cc1. The van der Waals surface area contributed by atoms with Crippen molar-refractivity contribution < 1.29 is 14.3 Å². The van der Waals surface area contributed by atoms with Gasteiger partial charge in [-0.05, 0) is 51.6 Å². The van der Waals surface area contributed by atoms with Gasteiger partial charge in [0, 0.05) is 17.9 Å². The Morgan fingerprint density at radius 2 is 1.83 bits per heavy atom. The Labute approximate surface area is 142 Å². The van der Waals surface area contributed by atoms with Gasteiger partial charge < -0.3 is 15.4 Å². The third-order valence-corrected chi connectivity index (χ3v) is 3.76. The zero-order valence-electron chi connectivity index (χ0n) is 14.4. The van der Waals surface area contributed by atoms with Crippen molar-refractivity contribution in [3.63, 3.8) is 0 Å². The van der Waals surface area contributed by atoms with E-state index in [1.54, 1.807) is 32.5 Å². The molecule has 1 aromatic carbocycles. The molecule has 0 saturated heterocycles. The zero-order chi connectivity index (χ0) is 17.5. The van der Waals surface area contributed by atoms with Crippen molar-refractivity contribution in [2.45, 2.75) is 50.7 Å². The van der Waals surface area contributed by atoms with Crippen LogP contribution in [0.4, 0.5) is 4.79 Å². The molecule has 0 fully saturated rings. The number of carbonyl (C=O) groups excluding carboxylic acids is 2. The molecule has 0 bridgehead atoms. The number of amides is 2. The van der Waals surface area contributed by atoms with E-state index in [-0.39, 0.29) is 24.9 Å². The predicted molar refractivity (Wildman–Crippen MR) is 93.6 cm³/mol. The Morgan fingerprint density at radius 1 is 1.22 bits per heavy atom. The predicted octanol–water partition coefficient (Wildman–Crippen LogP) is 3.50. The Hall–Kier alpha value is -1.69. The quantitative estimate of drug-likeness (QED) is 0.779. The van der Waals surface area contributed by atoms with Crippen molar-refractivity contribution >= 4 is 23.8 Å². The molecule has 0 aliphatic heterocycles.